The fourth-order valence-electron chi connectivity index (χ4n) is 2.33. The summed E-state index contributed by atoms with van der Waals surface area (Å²) in [6.45, 7) is 7.86. The van der Waals surface area contributed by atoms with Crippen LogP contribution >= 0.6 is 15.9 Å². The summed E-state index contributed by atoms with van der Waals surface area (Å²) in [4.78, 5) is 2.53. The Morgan fingerprint density at radius 3 is 2.94 bits per heavy atom. The van der Waals surface area contributed by atoms with Gasteiger partial charge in [0.05, 0.1) is 0 Å². The molecule has 1 heterocycles. The van der Waals surface area contributed by atoms with Gasteiger partial charge in [-0.15, -0.1) is 0 Å². The van der Waals surface area contributed by atoms with Gasteiger partial charge in [0, 0.05) is 22.7 Å². The van der Waals surface area contributed by atoms with Crippen LogP contribution in [-0.4, -0.2) is 25.7 Å². The second-order valence-corrected chi connectivity index (χ2v) is 5.72. The van der Waals surface area contributed by atoms with Gasteiger partial charge in [0.2, 0.25) is 0 Å². The van der Waals surface area contributed by atoms with Gasteiger partial charge in [0.1, 0.15) is 0 Å². The minimum absolute atomic E-state index is 0.609. The molecule has 1 saturated heterocycles. The van der Waals surface area contributed by atoms with Crippen LogP contribution in [0.5, 0.6) is 0 Å². The first-order chi connectivity index (χ1) is 8.18. The molecule has 94 valence electrons. The van der Waals surface area contributed by atoms with E-state index in [1.807, 2.05) is 0 Å². The molecule has 1 aliphatic rings. The van der Waals surface area contributed by atoms with Gasteiger partial charge >= 0.3 is 0 Å². The van der Waals surface area contributed by atoms with Gasteiger partial charge in [-0.25, -0.2) is 0 Å². The molecule has 17 heavy (non-hydrogen) atoms. The lowest BCUT2D eigenvalue weighted by atomic mass is 10.1. The molecule has 0 saturated carbocycles. The lowest BCUT2D eigenvalue weighted by Crippen LogP contribution is -2.40. The number of benzene rings is 1. The van der Waals surface area contributed by atoms with Crippen molar-refractivity contribution in [2.24, 2.45) is 0 Å². The quantitative estimate of drug-likeness (QED) is 0.855. The summed E-state index contributed by atoms with van der Waals surface area (Å²) >= 11 is 3.63. The van der Waals surface area contributed by atoms with E-state index in [2.05, 4.69) is 58.2 Å². The fourth-order valence-corrected chi connectivity index (χ4v) is 2.70. The highest BCUT2D eigenvalue weighted by Gasteiger charge is 2.16. The van der Waals surface area contributed by atoms with Crippen molar-refractivity contribution < 1.29 is 0 Å². The van der Waals surface area contributed by atoms with E-state index in [1.54, 1.807) is 0 Å². The van der Waals surface area contributed by atoms with Crippen molar-refractivity contribution in [2.75, 3.05) is 24.5 Å². The number of nitrogens with zero attached hydrogens (tertiary/aromatic N) is 1. The molecule has 3 heteroatoms. The Labute approximate surface area is 113 Å². The van der Waals surface area contributed by atoms with Crippen LogP contribution in [0.4, 0.5) is 5.69 Å². The molecule has 0 spiro atoms. The zero-order chi connectivity index (χ0) is 12.3. The average Bonchev–Trinajstić information content (AvgIpc) is 2.28. The number of nitrogens with one attached hydrogen (secondary N) is 1. The van der Waals surface area contributed by atoms with Gasteiger partial charge < -0.3 is 10.2 Å². The van der Waals surface area contributed by atoms with E-state index >= 15 is 0 Å². The van der Waals surface area contributed by atoms with Gasteiger partial charge in [-0.3, -0.25) is 0 Å². The molecule has 1 aromatic rings. The van der Waals surface area contributed by atoms with Crippen molar-refractivity contribution in [1.29, 1.82) is 0 Å². The summed E-state index contributed by atoms with van der Waals surface area (Å²) in [6, 6.07) is 7.30. The summed E-state index contributed by atoms with van der Waals surface area (Å²) < 4.78 is 1.21. The maximum absolute atomic E-state index is 3.63. The first kappa shape index (κ1) is 12.9. The number of anilines is 1. The van der Waals surface area contributed by atoms with Crippen molar-refractivity contribution >= 4 is 21.6 Å². The molecule has 1 atom stereocenters. The molecule has 0 amide bonds. The molecule has 2 rings (SSSR count). The predicted molar refractivity (Wildman–Crippen MR) is 77.8 cm³/mol. The van der Waals surface area contributed by atoms with E-state index in [1.165, 1.54) is 28.6 Å². The van der Waals surface area contributed by atoms with Gasteiger partial charge in [-0.1, -0.05) is 22.0 Å². The topological polar surface area (TPSA) is 15.3 Å². The molecule has 0 radical (unpaired) electrons. The van der Waals surface area contributed by atoms with Gasteiger partial charge in [0.25, 0.3) is 0 Å². The molecule has 1 aromatic carbocycles. The van der Waals surface area contributed by atoms with E-state index in [0.717, 1.165) is 19.6 Å². The average molecular weight is 297 g/mol. The molecule has 0 aliphatic carbocycles. The minimum atomic E-state index is 0.609. The normalized spacial score (nSPS) is 22.1. The van der Waals surface area contributed by atoms with Crippen molar-refractivity contribution in [3.05, 3.63) is 28.2 Å². The largest absolute Gasteiger partial charge is 0.369 e. The third-order valence-corrected chi connectivity index (χ3v) is 4.36. The van der Waals surface area contributed by atoms with Crippen LogP contribution in [0.2, 0.25) is 0 Å². The molecule has 1 unspecified atom stereocenters. The third-order valence-electron chi connectivity index (χ3n) is 3.51. The zero-order valence-electron chi connectivity index (χ0n) is 10.7. The lowest BCUT2D eigenvalue weighted by Gasteiger charge is -2.33. The van der Waals surface area contributed by atoms with Crippen LogP contribution in [0, 0.1) is 6.92 Å². The molecule has 0 aromatic heterocycles. The Hall–Kier alpha value is -0.540. The number of hydrogen-bond donors (Lipinski definition) is 1. The van der Waals surface area contributed by atoms with Gasteiger partial charge in [0.15, 0.2) is 0 Å². The van der Waals surface area contributed by atoms with Gasteiger partial charge in [-0.2, -0.15) is 0 Å². The first-order valence-corrected chi connectivity index (χ1v) is 7.21. The first-order valence-electron chi connectivity index (χ1n) is 6.42. The second kappa shape index (κ2) is 5.87. The minimum Gasteiger partial charge on any atom is -0.369 e. The van der Waals surface area contributed by atoms with Crippen LogP contribution in [0.15, 0.2) is 22.7 Å². The van der Waals surface area contributed by atoms with Crippen LogP contribution < -0.4 is 10.2 Å². The summed E-state index contributed by atoms with van der Waals surface area (Å²) in [6.07, 6.45) is 2.43. The highest BCUT2D eigenvalue weighted by Crippen LogP contribution is 2.26. The summed E-state index contributed by atoms with van der Waals surface area (Å²) in [5, 5.41) is 3.47. The zero-order valence-corrected chi connectivity index (χ0v) is 12.3. The Balaban J connectivity index is 2.19. The van der Waals surface area contributed by atoms with E-state index in [9.17, 15) is 0 Å². The smallest absolute Gasteiger partial charge is 0.0380 e. The Bertz CT molecular complexity index is 378. The summed E-state index contributed by atoms with van der Waals surface area (Å²) in [7, 11) is 0. The van der Waals surface area contributed by atoms with Crippen molar-refractivity contribution in [3.8, 4) is 0 Å². The number of hydrogen-bond acceptors (Lipinski definition) is 2. The highest BCUT2D eigenvalue weighted by molar-refractivity contribution is 9.10. The number of halogens is 1. The second-order valence-electron chi connectivity index (χ2n) is 4.87. The molecule has 2 nitrogen and oxygen atoms in total. The van der Waals surface area contributed by atoms with Crippen molar-refractivity contribution in [3.63, 3.8) is 0 Å². The van der Waals surface area contributed by atoms with Crippen molar-refractivity contribution in [2.45, 2.75) is 32.7 Å². The molecule has 0 bridgehead atoms. The van der Waals surface area contributed by atoms with Crippen LogP contribution in [0.3, 0.4) is 0 Å². The SMILES string of the molecule is Cc1ccc(N2CCCNCCC2C)cc1Br. The van der Waals surface area contributed by atoms with E-state index in [-0.39, 0.29) is 0 Å². The Morgan fingerprint density at radius 1 is 1.35 bits per heavy atom. The highest BCUT2D eigenvalue weighted by atomic mass is 79.9. The van der Waals surface area contributed by atoms with Gasteiger partial charge in [-0.05, 0) is 57.5 Å². The van der Waals surface area contributed by atoms with E-state index in [0.29, 0.717) is 6.04 Å². The molecule has 1 N–H and O–H groups in total. The molecule has 1 fully saturated rings. The monoisotopic (exact) mass is 296 g/mol. The van der Waals surface area contributed by atoms with E-state index < -0.39 is 0 Å². The lowest BCUT2D eigenvalue weighted by molar-refractivity contribution is 0.499. The van der Waals surface area contributed by atoms with Crippen molar-refractivity contribution in [1.82, 2.24) is 5.32 Å². The van der Waals surface area contributed by atoms with Crippen LogP contribution in [0.25, 0.3) is 0 Å². The van der Waals surface area contributed by atoms with Crippen LogP contribution in [-0.2, 0) is 0 Å². The standard InChI is InChI=1S/C14H21BrN2/c1-11-4-5-13(10-14(11)15)17-9-3-7-16-8-6-12(17)2/h4-5,10,12,16H,3,6-9H2,1-2H3. The maximum atomic E-state index is 3.63. The summed E-state index contributed by atoms with van der Waals surface area (Å²) in [5.41, 5.74) is 2.65. The Morgan fingerprint density at radius 2 is 2.18 bits per heavy atom. The molecular weight excluding hydrogens is 276 g/mol. The predicted octanol–water partition coefficient (Wildman–Crippen LogP) is 3.34. The molecule has 1 aliphatic heterocycles. The van der Waals surface area contributed by atoms with E-state index in [4.69, 9.17) is 0 Å². The number of rotatable bonds is 1. The Kier molecular flexibility index (Phi) is 4.46. The maximum Gasteiger partial charge on any atom is 0.0380 e. The van der Waals surface area contributed by atoms with Crippen LogP contribution in [0.1, 0.15) is 25.3 Å². The number of aryl methyl sites for hydroxylation is 1. The summed E-state index contributed by atoms with van der Waals surface area (Å²) in [5.74, 6) is 0. The third kappa shape index (κ3) is 3.23. The fraction of sp³-hybridized carbons (Fsp3) is 0.571. The molecular formula is C14H21BrN2.